The van der Waals surface area contributed by atoms with Crippen LogP contribution in [0.25, 0.3) is 5.76 Å². The Hall–Kier alpha value is -4.38. The molecule has 0 aliphatic rings. The molecule has 2 amide bonds. The standard InChI is InChI=1S/C21H16N4O4/c1-13-18(12-23-29-13)19(26)17(11-22)21(28)25-16-9-5-8-15(10-16)24-20(27)14-6-3-2-4-7-14/h2-10,12,26H,1H3,(H,24,27)(H,25,28)/b19-17-. The molecule has 8 nitrogen and oxygen atoms in total. The summed E-state index contributed by atoms with van der Waals surface area (Å²) >= 11 is 0. The van der Waals surface area contributed by atoms with E-state index in [4.69, 9.17) is 4.52 Å². The maximum Gasteiger partial charge on any atom is 0.270 e. The van der Waals surface area contributed by atoms with Gasteiger partial charge in [-0.05, 0) is 37.3 Å². The number of carbonyl (C=O) groups is 2. The predicted molar refractivity (Wildman–Crippen MR) is 106 cm³/mol. The number of hydrogen-bond donors (Lipinski definition) is 3. The van der Waals surface area contributed by atoms with Gasteiger partial charge in [0.05, 0.1) is 11.8 Å². The molecule has 1 aromatic heterocycles. The smallest absolute Gasteiger partial charge is 0.270 e. The van der Waals surface area contributed by atoms with E-state index in [1.807, 2.05) is 6.07 Å². The van der Waals surface area contributed by atoms with Crippen LogP contribution >= 0.6 is 0 Å². The van der Waals surface area contributed by atoms with Crippen molar-refractivity contribution in [3.63, 3.8) is 0 Å². The summed E-state index contributed by atoms with van der Waals surface area (Å²) < 4.78 is 4.84. The molecule has 0 aliphatic heterocycles. The average molecular weight is 388 g/mol. The third-order valence-electron chi connectivity index (χ3n) is 4.00. The molecule has 144 valence electrons. The third kappa shape index (κ3) is 4.48. The van der Waals surface area contributed by atoms with Gasteiger partial charge in [0.2, 0.25) is 0 Å². The van der Waals surface area contributed by atoms with E-state index in [-0.39, 0.29) is 17.2 Å². The molecule has 2 aromatic carbocycles. The fraction of sp³-hybridized carbons (Fsp3) is 0.0476. The lowest BCUT2D eigenvalue weighted by Crippen LogP contribution is -2.16. The minimum atomic E-state index is -0.808. The zero-order valence-corrected chi connectivity index (χ0v) is 15.3. The van der Waals surface area contributed by atoms with Gasteiger partial charge in [-0.1, -0.05) is 29.4 Å². The number of anilines is 2. The lowest BCUT2D eigenvalue weighted by Gasteiger charge is -2.09. The lowest BCUT2D eigenvalue weighted by atomic mass is 10.1. The monoisotopic (exact) mass is 388 g/mol. The van der Waals surface area contributed by atoms with Crippen LogP contribution in [0.5, 0.6) is 0 Å². The van der Waals surface area contributed by atoms with E-state index in [1.165, 1.54) is 12.3 Å². The molecular formula is C21H16N4O4. The number of carbonyl (C=O) groups excluding carboxylic acids is 2. The van der Waals surface area contributed by atoms with Crippen molar-refractivity contribution >= 4 is 28.9 Å². The van der Waals surface area contributed by atoms with Crippen LogP contribution < -0.4 is 10.6 Å². The molecule has 0 fully saturated rings. The second-order valence-corrected chi connectivity index (χ2v) is 5.99. The van der Waals surface area contributed by atoms with Crippen LogP contribution in [0.15, 0.2) is 70.9 Å². The molecule has 0 aliphatic carbocycles. The number of aromatic nitrogens is 1. The van der Waals surface area contributed by atoms with Gasteiger partial charge in [0.25, 0.3) is 11.8 Å². The highest BCUT2D eigenvalue weighted by Crippen LogP contribution is 2.21. The number of aliphatic hydroxyl groups is 1. The molecule has 0 unspecified atom stereocenters. The quantitative estimate of drug-likeness (QED) is 0.347. The molecule has 0 radical (unpaired) electrons. The van der Waals surface area contributed by atoms with Gasteiger partial charge in [-0.25, -0.2) is 0 Å². The van der Waals surface area contributed by atoms with Gasteiger partial charge in [0, 0.05) is 16.9 Å². The minimum Gasteiger partial charge on any atom is -0.506 e. The summed E-state index contributed by atoms with van der Waals surface area (Å²) in [6, 6.07) is 16.8. The zero-order valence-electron chi connectivity index (χ0n) is 15.3. The van der Waals surface area contributed by atoms with Crippen molar-refractivity contribution in [2.45, 2.75) is 6.92 Å². The Kier molecular flexibility index (Phi) is 5.71. The molecule has 1 heterocycles. The van der Waals surface area contributed by atoms with Crippen molar-refractivity contribution < 1.29 is 19.2 Å². The maximum absolute atomic E-state index is 12.5. The first-order valence-corrected chi connectivity index (χ1v) is 8.52. The molecular weight excluding hydrogens is 372 g/mol. The van der Waals surface area contributed by atoms with Crippen LogP contribution in [-0.4, -0.2) is 22.1 Å². The van der Waals surface area contributed by atoms with Gasteiger partial charge >= 0.3 is 0 Å². The average Bonchev–Trinajstić information content (AvgIpc) is 3.15. The van der Waals surface area contributed by atoms with Crippen molar-refractivity contribution in [3.05, 3.63) is 83.3 Å². The summed E-state index contributed by atoms with van der Waals surface area (Å²) in [6.45, 7) is 1.55. The van der Waals surface area contributed by atoms with E-state index >= 15 is 0 Å². The Morgan fingerprint density at radius 3 is 2.38 bits per heavy atom. The molecule has 0 saturated heterocycles. The van der Waals surface area contributed by atoms with Crippen LogP contribution in [0.4, 0.5) is 11.4 Å². The Morgan fingerprint density at radius 2 is 1.76 bits per heavy atom. The molecule has 3 rings (SSSR count). The Labute approximate surface area is 166 Å². The van der Waals surface area contributed by atoms with E-state index in [0.29, 0.717) is 16.9 Å². The summed E-state index contributed by atoms with van der Waals surface area (Å²) in [5, 5.41) is 28.3. The van der Waals surface area contributed by atoms with Crippen molar-refractivity contribution in [1.82, 2.24) is 5.16 Å². The number of aliphatic hydroxyl groups excluding tert-OH is 1. The van der Waals surface area contributed by atoms with E-state index in [2.05, 4.69) is 15.8 Å². The van der Waals surface area contributed by atoms with Crippen LogP contribution in [0, 0.1) is 18.3 Å². The molecule has 29 heavy (non-hydrogen) atoms. The number of nitrogens with zero attached hydrogens (tertiary/aromatic N) is 2. The predicted octanol–water partition coefficient (Wildman–Crippen LogP) is 3.67. The zero-order chi connectivity index (χ0) is 20.8. The number of nitriles is 1. The minimum absolute atomic E-state index is 0.153. The highest BCUT2D eigenvalue weighted by Gasteiger charge is 2.20. The third-order valence-corrected chi connectivity index (χ3v) is 4.00. The molecule has 8 heteroatoms. The Balaban J connectivity index is 1.77. The lowest BCUT2D eigenvalue weighted by molar-refractivity contribution is -0.112. The van der Waals surface area contributed by atoms with Crippen molar-refractivity contribution in [1.29, 1.82) is 5.26 Å². The first-order valence-electron chi connectivity index (χ1n) is 8.52. The summed E-state index contributed by atoms with van der Waals surface area (Å²) in [6.07, 6.45) is 1.22. The summed E-state index contributed by atoms with van der Waals surface area (Å²) in [4.78, 5) is 24.7. The largest absolute Gasteiger partial charge is 0.506 e. The van der Waals surface area contributed by atoms with Crippen LogP contribution in [0.3, 0.4) is 0 Å². The highest BCUT2D eigenvalue weighted by molar-refractivity contribution is 6.11. The molecule has 3 N–H and O–H groups in total. The van der Waals surface area contributed by atoms with Crippen LogP contribution in [0.2, 0.25) is 0 Å². The van der Waals surface area contributed by atoms with Crippen molar-refractivity contribution in [2.75, 3.05) is 10.6 Å². The van der Waals surface area contributed by atoms with Gasteiger partial charge in [0.15, 0.2) is 11.3 Å². The second-order valence-electron chi connectivity index (χ2n) is 5.99. The number of amides is 2. The number of benzene rings is 2. The fourth-order valence-electron chi connectivity index (χ4n) is 2.53. The Morgan fingerprint density at radius 1 is 1.07 bits per heavy atom. The summed E-state index contributed by atoms with van der Waals surface area (Å²) in [7, 11) is 0. The number of rotatable bonds is 5. The number of nitrogens with one attached hydrogen (secondary N) is 2. The van der Waals surface area contributed by atoms with Gasteiger partial charge < -0.3 is 20.3 Å². The van der Waals surface area contributed by atoms with E-state index in [0.717, 1.165) is 0 Å². The topological polar surface area (TPSA) is 128 Å². The van der Waals surface area contributed by atoms with Gasteiger partial charge in [-0.15, -0.1) is 0 Å². The summed E-state index contributed by atoms with van der Waals surface area (Å²) in [5.41, 5.74) is 0.947. The van der Waals surface area contributed by atoms with E-state index in [1.54, 1.807) is 55.5 Å². The molecule has 3 aromatic rings. The van der Waals surface area contributed by atoms with E-state index < -0.39 is 17.2 Å². The molecule has 0 bridgehead atoms. The normalized spacial score (nSPS) is 11.2. The van der Waals surface area contributed by atoms with Crippen LogP contribution in [-0.2, 0) is 4.79 Å². The van der Waals surface area contributed by atoms with E-state index in [9.17, 15) is 20.0 Å². The van der Waals surface area contributed by atoms with Crippen molar-refractivity contribution in [3.8, 4) is 6.07 Å². The molecule has 0 saturated carbocycles. The molecule has 0 atom stereocenters. The number of aryl methyl sites for hydroxylation is 1. The van der Waals surface area contributed by atoms with Gasteiger partial charge in [0.1, 0.15) is 11.8 Å². The maximum atomic E-state index is 12.5. The van der Waals surface area contributed by atoms with Gasteiger partial charge in [-0.2, -0.15) is 5.26 Å². The first kappa shape index (κ1) is 19.4. The number of hydrogen-bond acceptors (Lipinski definition) is 6. The fourth-order valence-corrected chi connectivity index (χ4v) is 2.53. The SMILES string of the molecule is Cc1oncc1/C(O)=C(\C#N)C(=O)Nc1cccc(NC(=O)c2ccccc2)c1. The summed E-state index contributed by atoms with van der Waals surface area (Å²) in [5.74, 6) is -1.37. The first-order chi connectivity index (χ1) is 14.0. The molecule has 0 spiro atoms. The Bertz CT molecular complexity index is 1130. The van der Waals surface area contributed by atoms with Crippen molar-refractivity contribution in [2.24, 2.45) is 0 Å². The second kappa shape index (κ2) is 8.54. The van der Waals surface area contributed by atoms with Gasteiger partial charge in [-0.3, -0.25) is 9.59 Å². The van der Waals surface area contributed by atoms with Crippen LogP contribution in [0.1, 0.15) is 21.7 Å². The highest BCUT2D eigenvalue weighted by atomic mass is 16.5.